The van der Waals surface area contributed by atoms with Gasteiger partial charge in [-0.1, -0.05) is 36.3 Å². The van der Waals surface area contributed by atoms with Crippen LogP contribution in [0.4, 0.5) is 0 Å². The van der Waals surface area contributed by atoms with Crippen molar-refractivity contribution in [3.8, 4) is 34.5 Å². The van der Waals surface area contributed by atoms with E-state index in [9.17, 15) is 4.79 Å². The Morgan fingerprint density at radius 1 is 1.06 bits per heavy atom. The van der Waals surface area contributed by atoms with E-state index in [1.807, 2.05) is 36.4 Å². The smallest absolute Gasteiger partial charge is 0.304 e. The first-order valence-corrected chi connectivity index (χ1v) is 12.5. The van der Waals surface area contributed by atoms with E-state index < -0.39 is 5.97 Å². The zero-order chi connectivity index (χ0) is 25.5. The number of benzene rings is 3. The molecule has 36 heavy (non-hydrogen) atoms. The minimum absolute atomic E-state index is 0.0229. The summed E-state index contributed by atoms with van der Waals surface area (Å²) >= 11 is 1.72. The zero-order valence-corrected chi connectivity index (χ0v) is 21.4. The van der Waals surface area contributed by atoms with E-state index in [0.717, 1.165) is 33.8 Å². The molecule has 4 aromatic rings. The number of ether oxygens (including phenoxy) is 3. The van der Waals surface area contributed by atoms with Gasteiger partial charge in [0.1, 0.15) is 18.1 Å². The van der Waals surface area contributed by atoms with Crippen LogP contribution in [0.15, 0.2) is 66.0 Å². The van der Waals surface area contributed by atoms with Crippen molar-refractivity contribution in [3.05, 3.63) is 82.7 Å². The third-order valence-corrected chi connectivity index (χ3v) is 6.89. The molecular weight excluding hydrogens is 472 g/mol. The molecule has 1 heterocycles. The maximum absolute atomic E-state index is 11.1. The predicted octanol–water partition coefficient (Wildman–Crippen LogP) is 7.02. The Bertz CT molecular complexity index is 1410. The molecule has 6 heteroatoms. The van der Waals surface area contributed by atoms with Crippen LogP contribution in [0.5, 0.6) is 11.5 Å². The molecule has 0 fully saturated rings. The first-order chi connectivity index (χ1) is 17.5. The van der Waals surface area contributed by atoms with Crippen LogP contribution in [0.3, 0.4) is 0 Å². The number of carbonyl (C=O) groups is 1. The fraction of sp³-hybridized carbons (Fsp3) is 0.233. The van der Waals surface area contributed by atoms with E-state index in [2.05, 4.69) is 48.4 Å². The Kier molecular flexibility index (Phi) is 8.27. The molecule has 0 bridgehead atoms. The van der Waals surface area contributed by atoms with Crippen LogP contribution in [0, 0.1) is 18.8 Å². The molecule has 1 N–H and O–H groups in total. The number of thiophene rings is 1. The lowest BCUT2D eigenvalue weighted by Gasteiger charge is -2.12. The summed E-state index contributed by atoms with van der Waals surface area (Å²) in [7, 11) is 1.61. The summed E-state index contributed by atoms with van der Waals surface area (Å²) in [6.45, 7) is 4.42. The van der Waals surface area contributed by atoms with E-state index in [4.69, 9.17) is 19.3 Å². The minimum Gasteiger partial charge on any atom is -0.489 e. The van der Waals surface area contributed by atoms with Crippen LogP contribution in [0.25, 0.3) is 21.2 Å². The highest BCUT2D eigenvalue weighted by Gasteiger charge is 2.14. The molecule has 0 saturated carbocycles. The van der Waals surface area contributed by atoms with Gasteiger partial charge < -0.3 is 19.3 Å². The van der Waals surface area contributed by atoms with Gasteiger partial charge in [0.15, 0.2) is 6.79 Å². The summed E-state index contributed by atoms with van der Waals surface area (Å²) in [6.07, 6.45) is -0.0229. The summed E-state index contributed by atoms with van der Waals surface area (Å²) < 4.78 is 18.0. The van der Waals surface area contributed by atoms with Gasteiger partial charge in [-0.25, -0.2) is 0 Å². The Balaban J connectivity index is 1.52. The van der Waals surface area contributed by atoms with E-state index in [0.29, 0.717) is 6.61 Å². The van der Waals surface area contributed by atoms with Crippen molar-refractivity contribution in [3.63, 3.8) is 0 Å². The number of fused-ring (bicyclic) bond motifs is 1. The normalized spacial score (nSPS) is 11.5. The van der Waals surface area contributed by atoms with Crippen LogP contribution in [0.2, 0.25) is 0 Å². The van der Waals surface area contributed by atoms with Crippen molar-refractivity contribution < 1.29 is 24.1 Å². The second-order valence-corrected chi connectivity index (χ2v) is 9.27. The highest BCUT2D eigenvalue weighted by atomic mass is 32.1. The van der Waals surface area contributed by atoms with E-state index in [1.165, 1.54) is 15.6 Å². The molecule has 4 rings (SSSR count). The Labute approximate surface area is 215 Å². The van der Waals surface area contributed by atoms with Gasteiger partial charge in [-0.05, 0) is 71.8 Å². The van der Waals surface area contributed by atoms with Gasteiger partial charge in [0.25, 0.3) is 0 Å². The van der Waals surface area contributed by atoms with Crippen molar-refractivity contribution in [2.75, 3.05) is 13.9 Å². The maximum Gasteiger partial charge on any atom is 0.304 e. The minimum atomic E-state index is -0.865. The molecule has 0 saturated heterocycles. The molecule has 0 radical (unpaired) electrons. The average molecular weight is 501 g/mol. The lowest BCUT2D eigenvalue weighted by molar-refractivity contribution is -0.137. The Morgan fingerprint density at radius 2 is 1.86 bits per heavy atom. The van der Waals surface area contributed by atoms with Crippen molar-refractivity contribution >= 4 is 27.4 Å². The van der Waals surface area contributed by atoms with Crippen LogP contribution in [-0.2, 0) is 16.1 Å². The first kappa shape index (κ1) is 25.3. The van der Waals surface area contributed by atoms with Gasteiger partial charge in [-0.2, -0.15) is 0 Å². The van der Waals surface area contributed by atoms with E-state index >= 15 is 0 Å². The van der Waals surface area contributed by atoms with Crippen molar-refractivity contribution in [1.29, 1.82) is 0 Å². The molecular formula is C30H28O5S. The number of hydrogen-bond donors (Lipinski definition) is 1. The average Bonchev–Trinajstić information content (AvgIpc) is 3.30. The molecule has 3 aromatic carbocycles. The lowest BCUT2D eigenvalue weighted by Crippen LogP contribution is -2.04. The van der Waals surface area contributed by atoms with Gasteiger partial charge in [0.05, 0.1) is 12.3 Å². The molecule has 0 amide bonds. The van der Waals surface area contributed by atoms with Gasteiger partial charge in [-0.15, -0.1) is 17.3 Å². The molecule has 1 atom stereocenters. The lowest BCUT2D eigenvalue weighted by atomic mass is 9.96. The van der Waals surface area contributed by atoms with Gasteiger partial charge in [0, 0.05) is 22.8 Å². The van der Waals surface area contributed by atoms with Gasteiger partial charge in [0.2, 0.25) is 0 Å². The third-order valence-electron chi connectivity index (χ3n) is 5.93. The largest absolute Gasteiger partial charge is 0.489 e. The highest BCUT2D eigenvalue weighted by Crippen LogP contribution is 2.38. The first-order valence-electron chi connectivity index (χ1n) is 11.6. The second-order valence-electron chi connectivity index (χ2n) is 8.36. The van der Waals surface area contributed by atoms with Gasteiger partial charge in [-0.3, -0.25) is 4.79 Å². The number of rotatable bonds is 10. The number of carboxylic acid groups (broad SMARTS) is 1. The molecule has 0 aliphatic rings. The van der Waals surface area contributed by atoms with Crippen molar-refractivity contribution in [1.82, 2.24) is 0 Å². The third kappa shape index (κ3) is 5.88. The predicted molar refractivity (Wildman–Crippen MR) is 144 cm³/mol. The maximum atomic E-state index is 11.1. The van der Waals surface area contributed by atoms with Crippen LogP contribution < -0.4 is 9.47 Å². The molecule has 184 valence electrons. The summed E-state index contributed by atoms with van der Waals surface area (Å²) in [4.78, 5) is 11.1. The molecule has 1 unspecified atom stereocenters. The fourth-order valence-electron chi connectivity index (χ4n) is 4.12. The summed E-state index contributed by atoms with van der Waals surface area (Å²) in [6, 6.07) is 20.0. The quantitative estimate of drug-likeness (QED) is 0.187. The number of carboxylic acids is 1. The Morgan fingerprint density at radius 3 is 2.58 bits per heavy atom. The van der Waals surface area contributed by atoms with Crippen LogP contribution in [0.1, 0.15) is 36.0 Å². The SMILES string of the molecule is CC#CC(CC(=O)O)c1ccc(OCc2ccc3scc(-c4cccc(OCOC)c4C)c3c2)cc1. The van der Waals surface area contributed by atoms with Crippen LogP contribution in [-0.4, -0.2) is 25.0 Å². The van der Waals surface area contributed by atoms with Crippen molar-refractivity contribution in [2.24, 2.45) is 0 Å². The zero-order valence-electron chi connectivity index (χ0n) is 20.5. The second kappa shape index (κ2) is 11.8. The molecule has 0 spiro atoms. The standard InChI is InChI=1S/C30H28O5S/c1-4-6-23(16-30(31)32)22-10-12-24(13-11-22)34-17-21-9-14-29-26(15-21)27(18-36-29)25-7-5-8-28(20(25)2)35-19-33-3/h5,7-15,18,23H,16-17,19H2,1-3H3,(H,31,32). The molecule has 1 aromatic heterocycles. The summed E-state index contributed by atoms with van der Waals surface area (Å²) in [5.74, 6) is 6.13. The number of aliphatic carboxylic acids is 1. The number of methoxy groups -OCH3 is 1. The van der Waals surface area contributed by atoms with Crippen LogP contribution >= 0.6 is 11.3 Å². The molecule has 0 aliphatic carbocycles. The molecule has 0 aliphatic heterocycles. The fourth-order valence-corrected chi connectivity index (χ4v) is 5.06. The monoisotopic (exact) mass is 500 g/mol. The topological polar surface area (TPSA) is 65.0 Å². The Hall–Kier alpha value is -3.79. The number of hydrogen-bond acceptors (Lipinski definition) is 5. The van der Waals surface area contributed by atoms with E-state index in [-0.39, 0.29) is 19.1 Å². The summed E-state index contributed by atoms with van der Waals surface area (Å²) in [5.41, 5.74) is 5.31. The van der Waals surface area contributed by atoms with Gasteiger partial charge >= 0.3 is 5.97 Å². The highest BCUT2D eigenvalue weighted by molar-refractivity contribution is 7.17. The molecule has 5 nitrogen and oxygen atoms in total. The summed E-state index contributed by atoms with van der Waals surface area (Å²) in [5, 5.41) is 12.5. The van der Waals surface area contributed by atoms with E-state index in [1.54, 1.807) is 25.4 Å². The van der Waals surface area contributed by atoms with Crippen molar-refractivity contribution in [2.45, 2.75) is 32.8 Å².